The molecule has 1 spiro atoms. The molecule has 1 aromatic rings. The van der Waals surface area contributed by atoms with Crippen LogP contribution in [0.15, 0.2) is 18.2 Å². The van der Waals surface area contributed by atoms with Crippen LogP contribution in [0.5, 0.6) is 0 Å². The number of benzene rings is 1. The fourth-order valence-electron chi connectivity index (χ4n) is 3.46. The summed E-state index contributed by atoms with van der Waals surface area (Å²) in [6.45, 7) is 3.40. The Morgan fingerprint density at radius 2 is 1.90 bits per heavy atom. The predicted octanol–water partition coefficient (Wildman–Crippen LogP) is 3.18. The van der Waals surface area contributed by atoms with E-state index in [4.69, 9.17) is 14.2 Å². The zero-order valence-corrected chi connectivity index (χ0v) is 12.7. The molecule has 21 heavy (non-hydrogen) atoms. The van der Waals surface area contributed by atoms with Crippen molar-refractivity contribution in [1.29, 1.82) is 0 Å². The van der Waals surface area contributed by atoms with Crippen molar-refractivity contribution < 1.29 is 19.0 Å². The Bertz CT molecular complexity index is 522. The summed E-state index contributed by atoms with van der Waals surface area (Å²) in [4.78, 5) is 11.6. The average Bonchev–Trinajstić information content (AvgIpc) is 2.95. The first-order valence-corrected chi connectivity index (χ1v) is 7.60. The number of carbonyl (C=O) groups excluding carboxylic acids is 1. The first-order chi connectivity index (χ1) is 10.1. The smallest absolute Gasteiger partial charge is 0.338 e. The van der Waals surface area contributed by atoms with E-state index in [1.807, 2.05) is 13.0 Å². The van der Waals surface area contributed by atoms with Gasteiger partial charge in [-0.2, -0.15) is 0 Å². The first kappa shape index (κ1) is 14.5. The Morgan fingerprint density at radius 3 is 2.48 bits per heavy atom. The van der Waals surface area contributed by atoms with Crippen molar-refractivity contribution in [3.8, 4) is 0 Å². The second kappa shape index (κ2) is 5.78. The van der Waals surface area contributed by atoms with Gasteiger partial charge in [0, 0.05) is 12.8 Å². The topological polar surface area (TPSA) is 44.8 Å². The van der Waals surface area contributed by atoms with Crippen LogP contribution in [-0.4, -0.2) is 32.1 Å². The number of ether oxygens (including phenoxy) is 3. The number of methoxy groups -OCH3 is 1. The predicted molar refractivity (Wildman–Crippen MR) is 78.4 cm³/mol. The fraction of sp³-hybridized carbons (Fsp3) is 0.588. The average molecular weight is 290 g/mol. The molecule has 1 aromatic carbocycles. The van der Waals surface area contributed by atoms with Crippen LogP contribution >= 0.6 is 0 Å². The van der Waals surface area contributed by atoms with Crippen LogP contribution in [0.2, 0.25) is 0 Å². The lowest BCUT2D eigenvalue weighted by Crippen LogP contribution is -2.34. The number of esters is 1. The molecule has 0 radical (unpaired) electrons. The van der Waals surface area contributed by atoms with Gasteiger partial charge in [0.2, 0.25) is 0 Å². The second-order valence-electron chi connectivity index (χ2n) is 5.95. The molecule has 0 aromatic heterocycles. The SMILES string of the molecule is COC(=O)c1ccc(C2CCC3(CC2)OCCO3)cc1C. The van der Waals surface area contributed by atoms with E-state index >= 15 is 0 Å². The van der Waals surface area contributed by atoms with Crippen molar-refractivity contribution in [3.05, 3.63) is 34.9 Å². The molecule has 0 N–H and O–H groups in total. The summed E-state index contributed by atoms with van der Waals surface area (Å²) < 4.78 is 16.3. The number of hydrogen-bond acceptors (Lipinski definition) is 4. The molecule has 4 heteroatoms. The molecule has 3 rings (SSSR count). The lowest BCUT2D eigenvalue weighted by molar-refractivity contribution is -0.178. The zero-order valence-electron chi connectivity index (χ0n) is 12.7. The minimum absolute atomic E-state index is 0.269. The van der Waals surface area contributed by atoms with E-state index in [9.17, 15) is 4.79 Å². The molecule has 1 heterocycles. The zero-order chi connectivity index (χ0) is 14.9. The normalized spacial score (nSPS) is 21.6. The highest BCUT2D eigenvalue weighted by atomic mass is 16.7. The third-order valence-corrected chi connectivity index (χ3v) is 4.69. The lowest BCUT2D eigenvalue weighted by Gasteiger charge is -2.35. The van der Waals surface area contributed by atoms with Gasteiger partial charge >= 0.3 is 5.97 Å². The van der Waals surface area contributed by atoms with Gasteiger partial charge < -0.3 is 14.2 Å². The highest BCUT2D eigenvalue weighted by Gasteiger charge is 2.40. The van der Waals surface area contributed by atoms with E-state index in [-0.39, 0.29) is 11.8 Å². The fourth-order valence-corrected chi connectivity index (χ4v) is 3.46. The van der Waals surface area contributed by atoms with Crippen LogP contribution < -0.4 is 0 Å². The van der Waals surface area contributed by atoms with Gasteiger partial charge in [0.25, 0.3) is 0 Å². The van der Waals surface area contributed by atoms with Crippen LogP contribution in [0.1, 0.15) is 53.1 Å². The van der Waals surface area contributed by atoms with Gasteiger partial charge in [-0.15, -0.1) is 0 Å². The van der Waals surface area contributed by atoms with Gasteiger partial charge in [0.1, 0.15) is 0 Å². The van der Waals surface area contributed by atoms with Gasteiger partial charge in [-0.05, 0) is 42.9 Å². The van der Waals surface area contributed by atoms with Crippen molar-refractivity contribution in [1.82, 2.24) is 0 Å². The van der Waals surface area contributed by atoms with Gasteiger partial charge in [-0.1, -0.05) is 12.1 Å². The molecule has 2 aliphatic rings. The molecule has 2 fully saturated rings. The van der Waals surface area contributed by atoms with E-state index in [0.717, 1.165) is 44.5 Å². The minimum Gasteiger partial charge on any atom is -0.465 e. The third kappa shape index (κ3) is 2.83. The van der Waals surface area contributed by atoms with Crippen LogP contribution in [0, 0.1) is 6.92 Å². The van der Waals surface area contributed by atoms with Crippen LogP contribution in [-0.2, 0) is 14.2 Å². The number of rotatable bonds is 2. The molecule has 0 unspecified atom stereocenters. The summed E-state index contributed by atoms with van der Waals surface area (Å²) >= 11 is 0. The molecule has 114 valence electrons. The molecule has 1 aliphatic carbocycles. The van der Waals surface area contributed by atoms with E-state index in [1.54, 1.807) is 0 Å². The third-order valence-electron chi connectivity index (χ3n) is 4.69. The number of aryl methyl sites for hydroxylation is 1. The van der Waals surface area contributed by atoms with E-state index in [0.29, 0.717) is 11.5 Å². The Kier molecular flexibility index (Phi) is 4.00. The summed E-state index contributed by atoms with van der Waals surface area (Å²) in [6, 6.07) is 6.05. The molecule has 0 atom stereocenters. The summed E-state index contributed by atoms with van der Waals surface area (Å²) in [5, 5.41) is 0. The summed E-state index contributed by atoms with van der Waals surface area (Å²) in [7, 11) is 1.41. The van der Waals surface area contributed by atoms with E-state index in [2.05, 4.69) is 12.1 Å². The molecule has 4 nitrogen and oxygen atoms in total. The van der Waals surface area contributed by atoms with E-state index in [1.165, 1.54) is 12.7 Å². The van der Waals surface area contributed by atoms with Crippen LogP contribution in [0.3, 0.4) is 0 Å². The molecular weight excluding hydrogens is 268 g/mol. The summed E-state index contributed by atoms with van der Waals surface area (Å²) in [6.07, 6.45) is 4.04. The van der Waals surface area contributed by atoms with E-state index < -0.39 is 0 Å². The number of hydrogen-bond donors (Lipinski definition) is 0. The van der Waals surface area contributed by atoms with Gasteiger partial charge in [-0.25, -0.2) is 4.79 Å². The molecule has 0 bridgehead atoms. The maximum atomic E-state index is 11.6. The van der Waals surface area contributed by atoms with Crippen molar-refractivity contribution in [2.24, 2.45) is 0 Å². The Morgan fingerprint density at radius 1 is 1.24 bits per heavy atom. The van der Waals surface area contributed by atoms with Crippen molar-refractivity contribution in [2.75, 3.05) is 20.3 Å². The quantitative estimate of drug-likeness (QED) is 0.785. The maximum absolute atomic E-state index is 11.6. The van der Waals surface area contributed by atoms with Crippen molar-refractivity contribution >= 4 is 5.97 Å². The standard InChI is InChI=1S/C17H22O4/c1-12-11-14(3-4-15(12)16(18)19-2)13-5-7-17(8-6-13)20-9-10-21-17/h3-4,11,13H,5-10H2,1-2H3. The first-order valence-electron chi connectivity index (χ1n) is 7.60. The largest absolute Gasteiger partial charge is 0.465 e. The van der Waals surface area contributed by atoms with Gasteiger partial charge in [-0.3, -0.25) is 0 Å². The number of carbonyl (C=O) groups is 1. The lowest BCUT2D eigenvalue weighted by atomic mass is 9.80. The highest BCUT2D eigenvalue weighted by molar-refractivity contribution is 5.91. The molecule has 1 saturated carbocycles. The van der Waals surface area contributed by atoms with Crippen molar-refractivity contribution in [3.63, 3.8) is 0 Å². The van der Waals surface area contributed by atoms with Crippen molar-refractivity contribution in [2.45, 2.75) is 44.3 Å². The summed E-state index contributed by atoms with van der Waals surface area (Å²) in [5.74, 6) is -0.0550. The summed E-state index contributed by atoms with van der Waals surface area (Å²) in [5.41, 5.74) is 2.93. The molecule has 0 amide bonds. The van der Waals surface area contributed by atoms with Gasteiger partial charge in [0.05, 0.1) is 25.9 Å². The van der Waals surface area contributed by atoms with Crippen LogP contribution in [0.25, 0.3) is 0 Å². The Balaban J connectivity index is 1.71. The highest BCUT2D eigenvalue weighted by Crippen LogP contribution is 2.42. The minimum atomic E-state index is -0.308. The Hall–Kier alpha value is -1.39. The molecule has 1 aliphatic heterocycles. The second-order valence-corrected chi connectivity index (χ2v) is 5.95. The van der Waals surface area contributed by atoms with Crippen LogP contribution in [0.4, 0.5) is 0 Å². The van der Waals surface area contributed by atoms with Gasteiger partial charge in [0.15, 0.2) is 5.79 Å². The molecule has 1 saturated heterocycles. The monoisotopic (exact) mass is 290 g/mol. The molecular formula is C17H22O4. The Labute approximate surface area is 125 Å². The maximum Gasteiger partial charge on any atom is 0.338 e.